The molecule has 1 heterocycles. The molecule has 0 spiro atoms. The Kier molecular flexibility index (Phi) is 7.03. The van der Waals surface area contributed by atoms with Crippen LogP contribution in [0.15, 0.2) is 83.0 Å². The van der Waals surface area contributed by atoms with Crippen LogP contribution < -0.4 is 15.4 Å². The number of halogens is 2. The second-order valence-electron chi connectivity index (χ2n) is 7.36. The maximum Gasteiger partial charge on any atom is 0.329 e. The van der Waals surface area contributed by atoms with Crippen LogP contribution in [0.3, 0.4) is 0 Å². The van der Waals surface area contributed by atoms with Crippen LogP contribution in [0.4, 0.5) is 14.9 Å². The number of nitrogens with zero attached hydrogens (tertiary/aromatic N) is 1. The van der Waals surface area contributed by atoms with Gasteiger partial charge >= 0.3 is 6.03 Å². The number of amides is 4. The molecular weight excluding hydrogens is 505 g/mol. The molecule has 2 N–H and O–H groups in total. The number of nitrogens with one attached hydrogen (secondary N) is 2. The third-order valence-electron chi connectivity index (χ3n) is 4.92. The lowest BCUT2D eigenvalue weighted by Crippen LogP contribution is -2.38. The highest BCUT2D eigenvalue weighted by atomic mass is 79.9. The summed E-state index contributed by atoms with van der Waals surface area (Å²) in [6, 6.07) is 19.8. The SMILES string of the molecule is O=C(CN1C(=O)N/C(=C/c2cc(Br)ccc2OCc2ccccc2)C1=O)Nc1ccccc1F. The first-order valence-corrected chi connectivity index (χ1v) is 11.1. The predicted molar refractivity (Wildman–Crippen MR) is 128 cm³/mol. The molecule has 7 nitrogen and oxygen atoms in total. The molecule has 3 aromatic carbocycles. The van der Waals surface area contributed by atoms with Gasteiger partial charge in [0.25, 0.3) is 5.91 Å². The lowest BCUT2D eigenvalue weighted by Gasteiger charge is -2.12. The summed E-state index contributed by atoms with van der Waals surface area (Å²) >= 11 is 3.40. The summed E-state index contributed by atoms with van der Waals surface area (Å²) in [6.45, 7) is -0.243. The molecule has 0 aromatic heterocycles. The van der Waals surface area contributed by atoms with E-state index < -0.39 is 30.2 Å². The summed E-state index contributed by atoms with van der Waals surface area (Å²) in [7, 11) is 0. The Hall–Kier alpha value is -3.98. The molecule has 0 unspecified atom stereocenters. The minimum Gasteiger partial charge on any atom is -0.488 e. The lowest BCUT2D eigenvalue weighted by atomic mass is 10.1. The average molecular weight is 524 g/mol. The summed E-state index contributed by atoms with van der Waals surface area (Å²) < 4.78 is 20.4. The summed E-state index contributed by atoms with van der Waals surface area (Å²) in [5.74, 6) is -1.49. The van der Waals surface area contributed by atoms with Crippen molar-refractivity contribution in [2.24, 2.45) is 0 Å². The number of rotatable bonds is 7. The van der Waals surface area contributed by atoms with Crippen LogP contribution in [0.2, 0.25) is 0 Å². The van der Waals surface area contributed by atoms with Crippen LogP contribution in [-0.2, 0) is 16.2 Å². The molecule has 172 valence electrons. The summed E-state index contributed by atoms with van der Waals surface area (Å²) in [4.78, 5) is 38.2. The number of benzene rings is 3. The number of imide groups is 1. The zero-order valence-corrected chi connectivity index (χ0v) is 19.3. The van der Waals surface area contributed by atoms with E-state index in [-0.39, 0.29) is 11.4 Å². The van der Waals surface area contributed by atoms with Gasteiger partial charge in [-0.1, -0.05) is 58.4 Å². The topological polar surface area (TPSA) is 87.7 Å². The highest BCUT2D eigenvalue weighted by Crippen LogP contribution is 2.27. The number of hydrogen-bond donors (Lipinski definition) is 2. The van der Waals surface area contributed by atoms with Crippen LogP contribution in [-0.4, -0.2) is 29.3 Å². The van der Waals surface area contributed by atoms with Gasteiger partial charge in [0, 0.05) is 10.0 Å². The van der Waals surface area contributed by atoms with Gasteiger partial charge in [0.2, 0.25) is 5.91 Å². The Morgan fingerprint density at radius 1 is 1.06 bits per heavy atom. The van der Waals surface area contributed by atoms with Crippen molar-refractivity contribution in [2.45, 2.75) is 6.61 Å². The van der Waals surface area contributed by atoms with E-state index in [2.05, 4.69) is 26.6 Å². The van der Waals surface area contributed by atoms with E-state index in [4.69, 9.17) is 4.74 Å². The van der Waals surface area contributed by atoms with Crippen molar-refractivity contribution in [3.8, 4) is 5.75 Å². The van der Waals surface area contributed by atoms with Gasteiger partial charge in [-0.2, -0.15) is 0 Å². The zero-order valence-electron chi connectivity index (χ0n) is 17.8. The van der Waals surface area contributed by atoms with Gasteiger partial charge < -0.3 is 15.4 Å². The number of ether oxygens (including phenoxy) is 1. The smallest absolute Gasteiger partial charge is 0.329 e. The maximum atomic E-state index is 13.8. The van der Waals surface area contributed by atoms with E-state index in [9.17, 15) is 18.8 Å². The Balaban J connectivity index is 1.49. The average Bonchev–Trinajstić information content (AvgIpc) is 3.08. The van der Waals surface area contributed by atoms with Crippen molar-refractivity contribution < 1.29 is 23.5 Å². The number of anilines is 1. The van der Waals surface area contributed by atoms with Crippen molar-refractivity contribution in [1.82, 2.24) is 10.2 Å². The van der Waals surface area contributed by atoms with Crippen molar-refractivity contribution in [2.75, 3.05) is 11.9 Å². The van der Waals surface area contributed by atoms with E-state index in [1.165, 1.54) is 24.3 Å². The molecule has 3 aromatic rings. The number of para-hydroxylation sites is 1. The van der Waals surface area contributed by atoms with Crippen LogP contribution in [0.5, 0.6) is 5.75 Å². The van der Waals surface area contributed by atoms with Crippen molar-refractivity contribution in [1.29, 1.82) is 0 Å². The van der Waals surface area contributed by atoms with Crippen LogP contribution >= 0.6 is 15.9 Å². The molecule has 0 bridgehead atoms. The number of carbonyl (C=O) groups excluding carboxylic acids is 3. The molecule has 1 aliphatic rings. The standard InChI is InChI=1S/C25H19BrFN3O4/c26-18-10-11-22(34-15-16-6-2-1-3-7-16)17(12-18)13-21-24(32)30(25(33)29-21)14-23(31)28-20-9-5-4-8-19(20)27/h1-13H,14-15H2,(H,28,31)(H,29,33)/b21-13+. The van der Waals surface area contributed by atoms with Crippen LogP contribution in [0.25, 0.3) is 6.08 Å². The molecule has 0 radical (unpaired) electrons. The predicted octanol–water partition coefficient (Wildman–Crippen LogP) is 4.70. The second-order valence-corrected chi connectivity index (χ2v) is 8.28. The van der Waals surface area contributed by atoms with Gasteiger partial charge in [-0.05, 0) is 42.0 Å². The summed E-state index contributed by atoms with van der Waals surface area (Å²) in [6.07, 6.45) is 1.49. The molecule has 0 aliphatic carbocycles. The Labute approximate surface area is 203 Å². The van der Waals surface area contributed by atoms with Gasteiger partial charge in [0.15, 0.2) is 0 Å². The number of urea groups is 1. The van der Waals surface area contributed by atoms with Gasteiger partial charge in [-0.3, -0.25) is 9.59 Å². The summed E-state index contributed by atoms with van der Waals surface area (Å²) in [5, 5.41) is 4.84. The van der Waals surface area contributed by atoms with E-state index >= 15 is 0 Å². The molecule has 4 rings (SSSR count). The molecule has 0 atom stereocenters. The molecular formula is C25H19BrFN3O4. The fourth-order valence-electron chi connectivity index (χ4n) is 3.27. The van der Waals surface area contributed by atoms with E-state index in [0.717, 1.165) is 14.9 Å². The van der Waals surface area contributed by atoms with Crippen molar-refractivity contribution in [3.05, 3.63) is 99.9 Å². The van der Waals surface area contributed by atoms with Crippen LogP contribution in [0, 0.1) is 5.82 Å². The first kappa shape index (κ1) is 23.2. The number of carbonyl (C=O) groups is 3. The molecule has 1 aliphatic heterocycles. The van der Waals surface area contributed by atoms with Crippen LogP contribution in [0.1, 0.15) is 11.1 Å². The third-order valence-corrected chi connectivity index (χ3v) is 5.41. The Morgan fingerprint density at radius 3 is 2.56 bits per heavy atom. The van der Waals surface area contributed by atoms with Gasteiger partial charge in [0.05, 0.1) is 5.69 Å². The highest BCUT2D eigenvalue weighted by Gasteiger charge is 2.35. The van der Waals surface area contributed by atoms with E-state index in [1.54, 1.807) is 24.3 Å². The van der Waals surface area contributed by atoms with Gasteiger partial charge in [0.1, 0.15) is 30.4 Å². The largest absolute Gasteiger partial charge is 0.488 e. The monoisotopic (exact) mass is 523 g/mol. The molecule has 9 heteroatoms. The fraction of sp³-hybridized carbons (Fsp3) is 0.0800. The Morgan fingerprint density at radius 2 is 1.79 bits per heavy atom. The Bertz CT molecular complexity index is 1280. The molecule has 0 saturated carbocycles. The van der Waals surface area contributed by atoms with E-state index in [0.29, 0.717) is 17.9 Å². The van der Waals surface area contributed by atoms with Gasteiger partial charge in [-0.25, -0.2) is 14.1 Å². The zero-order chi connectivity index (χ0) is 24.1. The third kappa shape index (κ3) is 5.49. The normalized spacial score (nSPS) is 14.3. The fourth-order valence-corrected chi connectivity index (χ4v) is 3.64. The quantitative estimate of drug-likeness (QED) is 0.347. The minimum absolute atomic E-state index is 0.00801. The van der Waals surface area contributed by atoms with Crippen molar-refractivity contribution >= 4 is 45.5 Å². The number of hydrogen-bond acceptors (Lipinski definition) is 4. The minimum atomic E-state index is -0.748. The van der Waals surface area contributed by atoms with Crippen molar-refractivity contribution in [3.63, 3.8) is 0 Å². The first-order valence-electron chi connectivity index (χ1n) is 10.3. The first-order chi connectivity index (χ1) is 16.4. The second kappa shape index (κ2) is 10.3. The maximum absolute atomic E-state index is 13.8. The summed E-state index contributed by atoms with van der Waals surface area (Å²) in [5.41, 5.74) is 1.49. The molecule has 1 fully saturated rings. The van der Waals surface area contributed by atoms with E-state index in [1.807, 2.05) is 30.3 Å². The lowest BCUT2D eigenvalue weighted by molar-refractivity contribution is -0.127. The molecule has 1 saturated heterocycles. The highest BCUT2D eigenvalue weighted by molar-refractivity contribution is 9.10. The van der Waals surface area contributed by atoms with Gasteiger partial charge in [-0.15, -0.1) is 0 Å². The molecule has 34 heavy (non-hydrogen) atoms. The molecule has 4 amide bonds.